The van der Waals surface area contributed by atoms with Crippen molar-refractivity contribution in [3.8, 4) is 11.3 Å². The van der Waals surface area contributed by atoms with Gasteiger partial charge in [-0.05, 0) is 68.1 Å². The highest BCUT2D eigenvalue weighted by molar-refractivity contribution is 6.03. The number of rotatable bonds is 6. The molecule has 0 unspecified atom stereocenters. The Labute approximate surface area is 175 Å². The maximum absolute atomic E-state index is 13.9. The van der Waals surface area contributed by atoms with Gasteiger partial charge in [-0.2, -0.15) is 0 Å². The van der Waals surface area contributed by atoms with Crippen molar-refractivity contribution in [2.45, 2.75) is 45.1 Å². The van der Waals surface area contributed by atoms with Gasteiger partial charge in [0.25, 0.3) is 5.91 Å². The number of aromatic nitrogens is 1. The molecule has 2 saturated carbocycles. The minimum atomic E-state index is -0.648. The number of nitrogens with zero attached hydrogens (tertiary/aromatic N) is 2. The second-order valence-corrected chi connectivity index (χ2v) is 9.23. The lowest BCUT2D eigenvalue weighted by Gasteiger charge is -2.26. The van der Waals surface area contributed by atoms with Gasteiger partial charge >= 0.3 is 0 Å². The molecule has 6 heteroatoms. The van der Waals surface area contributed by atoms with E-state index in [0.717, 1.165) is 25.6 Å². The van der Waals surface area contributed by atoms with E-state index >= 15 is 0 Å². The van der Waals surface area contributed by atoms with E-state index in [1.807, 2.05) is 0 Å². The summed E-state index contributed by atoms with van der Waals surface area (Å²) in [7, 11) is 0. The molecule has 2 aromatic rings. The fourth-order valence-electron chi connectivity index (χ4n) is 4.76. The third-order valence-corrected chi connectivity index (χ3v) is 6.60. The summed E-state index contributed by atoms with van der Waals surface area (Å²) in [5.74, 6) is 0.276. The smallest absolute Gasteiger partial charge is 0.253 e. The van der Waals surface area contributed by atoms with Crippen LogP contribution in [0.15, 0.2) is 30.5 Å². The molecule has 1 aliphatic heterocycles. The molecule has 30 heavy (non-hydrogen) atoms. The molecule has 0 radical (unpaired) electrons. The number of hydrogen-bond donors (Lipinski definition) is 1. The van der Waals surface area contributed by atoms with Gasteiger partial charge in [0.15, 0.2) is 0 Å². The zero-order chi connectivity index (χ0) is 20.8. The van der Waals surface area contributed by atoms with Crippen LogP contribution in [0.1, 0.15) is 49.4 Å². The van der Waals surface area contributed by atoms with Gasteiger partial charge in [0.05, 0.1) is 16.9 Å². The molecule has 0 spiro atoms. The molecule has 1 atom stereocenters. The van der Waals surface area contributed by atoms with Crippen LogP contribution in [-0.4, -0.2) is 30.0 Å². The molecule has 2 heterocycles. The number of carbonyl (C=O) groups is 1. The van der Waals surface area contributed by atoms with Crippen molar-refractivity contribution < 1.29 is 13.6 Å². The predicted octanol–water partition coefficient (Wildman–Crippen LogP) is 4.79. The molecule has 158 valence electrons. The fraction of sp³-hybridized carbons (Fsp3) is 0.500. The number of nitrogens with one attached hydrogen (secondary N) is 1. The Hall–Kier alpha value is -2.50. The molecule has 0 bridgehead atoms. The second kappa shape index (κ2) is 7.64. The number of hydrogen-bond acceptors (Lipinski definition) is 3. The van der Waals surface area contributed by atoms with Crippen molar-refractivity contribution >= 4 is 11.6 Å². The Kier molecular flexibility index (Phi) is 4.95. The molecule has 1 saturated heterocycles. The molecule has 1 aromatic heterocycles. The zero-order valence-corrected chi connectivity index (χ0v) is 17.2. The van der Waals surface area contributed by atoms with Crippen LogP contribution in [0.25, 0.3) is 11.3 Å². The zero-order valence-electron chi connectivity index (χ0n) is 17.2. The first-order valence-electron chi connectivity index (χ1n) is 11.0. The van der Waals surface area contributed by atoms with Crippen LogP contribution >= 0.6 is 0 Å². The second-order valence-electron chi connectivity index (χ2n) is 9.23. The summed E-state index contributed by atoms with van der Waals surface area (Å²) in [6.07, 6.45) is 7.31. The Morgan fingerprint density at radius 2 is 1.77 bits per heavy atom. The van der Waals surface area contributed by atoms with E-state index in [4.69, 9.17) is 0 Å². The molecule has 1 N–H and O–H groups in total. The molecule has 3 aliphatic rings. The molecule has 3 fully saturated rings. The first-order valence-corrected chi connectivity index (χ1v) is 11.0. The first kappa shape index (κ1) is 19.5. The minimum absolute atomic E-state index is 0.103. The van der Waals surface area contributed by atoms with Crippen LogP contribution in [0.3, 0.4) is 0 Å². The van der Waals surface area contributed by atoms with Crippen LogP contribution in [0, 0.1) is 29.4 Å². The molecular weight excluding hydrogens is 384 g/mol. The average Bonchev–Trinajstić information content (AvgIpc) is 3.64. The van der Waals surface area contributed by atoms with Gasteiger partial charge in [0.1, 0.15) is 11.6 Å². The minimum Gasteiger partial charge on any atom is -0.369 e. The standard InChI is InChI=1S/C24H27F2N3O/c1-14-7-9-29(13-14)23-20(24(30)28-21(15-2-3-15)16-4-5-16)6-8-27-22(23)17-10-18(25)12-19(26)11-17/h6,8,10-12,14-16,21H,2-5,7,9,13H2,1H3,(H,28,30)/t14-/m1/s1. The van der Waals surface area contributed by atoms with Gasteiger partial charge in [-0.15, -0.1) is 0 Å². The van der Waals surface area contributed by atoms with Crippen molar-refractivity contribution in [1.29, 1.82) is 0 Å². The number of amides is 1. The number of halogens is 2. The first-order chi connectivity index (χ1) is 14.5. The summed E-state index contributed by atoms with van der Waals surface area (Å²) >= 11 is 0. The van der Waals surface area contributed by atoms with Crippen molar-refractivity contribution in [3.63, 3.8) is 0 Å². The van der Waals surface area contributed by atoms with Gasteiger partial charge in [0, 0.05) is 37.0 Å². The lowest BCUT2D eigenvalue weighted by atomic mass is 10.0. The predicted molar refractivity (Wildman–Crippen MR) is 112 cm³/mol. The lowest BCUT2D eigenvalue weighted by Crippen LogP contribution is -2.39. The van der Waals surface area contributed by atoms with Gasteiger partial charge in [0.2, 0.25) is 0 Å². The van der Waals surface area contributed by atoms with Crippen molar-refractivity contribution in [1.82, 2.24) is 10.3 Å². The highest BCUT2D eigenvalue weighted by atomic mass is 19.1. The van der Waals surface area contributed by atoms with Crippen LogP contribution in [0.2, 0.25) is 0 Å². The van der Waals surface area contributed by atoms with Crippen LogP contribution in [-0.2, 0) is 0 Å². The van der Waals surface area contributed by atoms with Gasteiger partial charge in [-0.25, -0.2) is 8.78 Å². The monoisotopic (exact) mass is 411 g/mol. The maximum Gasteiger partial charge on any atom is 0.253 e. The Morgan fingerprint density at radius 1 is 1.10 bits per heavy atom. The topological polar surface area (TPSA) is 45.2 Å². The summed E-state index contributed by atoms with van der Waals surface area (Å²) in [5.41, 5.74) is 2.06. The van der Waals surface area contributed by atoms with E-state index in [1.54, 1.807) is 12.3 Å². The van der Waals surface area contributed by atoms with Crippen molar-refractivity contribution in [2.75, 3.05) is 18.0 Å². The van der Waals surface area contributed by atoms with E-state index in [-0.39, 0.29) is 11.9 Å². The quantitative estimate of drug-likeness (QED) is 0.743. The molecule has 4 nitrogen and oxygen atoms in total. The average molecular weight is 411 g/mol. The molecule has 5 rings (SSSR count). The van der Waals surface area contributed by atoms with E-state index in [0.29, 0.717) is 40.3 Å². The van der Waals surface area contributed by atoms with Crippen LogP contribution < -0.4 is 10.2 Å². The SMILES string of the molecule is C[C@@H]1CCN(c2c(C(=O)NC(C3CC3)C3CC3)ccnc2-c2cc(F)cc(F)c2)C1. The number of benzene rings is 1. The Morgan fingerprint density at radius 3 is 2.33 bits per heavy atom. The number of carbonyl (C=O) groups excluding carboxylic acids is 1. The Balaban J connectivity index is 1.55. The van der Waals surface area contributed by atoms with E-state index in [9.17, 15) is 13.6 Å². The highest BCUT2D eigenvalue weighted by Gasteiger charge is 2.42. The Bertz CT molecular complexity index is 939. The van der Waals surface area contributed by atoms with E-state index in [2.05, 4.69) is 22.1 Å². The summed E-state index contributed by atoms with van der Waals surface area (Å²) in [4.78, 5) is 20.0. The van der Waals surface area contributed by atoms with Gasteiger partial charge in [-0.3, -0.25) is 9.78 Å². The molecule has 2 aliphatic carbocycles. The summed E-state index contributed by atoms with van der Waals surface area (Å²) < 4.78 is 27.9. The van der Waals surface area contributed by atoms with Crippen molar-refractivity contribution in [3.05, 3.63) is 47.7 Å². The molecular formula is C24H27F2N3O. The van der Waals surface area contributed by atoms with E-state index < -0.39 is 11.6 Å². The van der Waals surface area contributed by atoms with Crippen LogP contribution in [0.5, 0.6) is 0 Å². The molecule has 1 aromatic carbocycles. The summed E-state index contributed by atoms with van der Waals surface area (Å²) in [6.45, 7) is 3.77. The third kappa shape index (κ3) is 3.92. The van der Waals surface area contributed by atoms with Crippen LogP contribution in [0.4, 0.5) is 14.5 Å². The normalized spacial score (nSPS) is 21.3. The number of anilines is 1. The summed E-state index contributed by atoms with van der Waals surface area (Å²) in [5, 5.41) is 3.29. The van der Waals surface area contributed by atoms with Gasteiger partial charge < -0.3 is 10.2 Å². The lowest BCUT2D eigenvalue weighted by molar-refractivity contribution is 0.0926. The van der Waals surface area contributed by atoms with Gasteiger partial charge in [-0.1, -0.05) is 6.92 Å². The summed E-state index contributed by atoms with van der Waals surface area (Å²) in [6, 6.07) is 5.41. The number of pyridine rings is 1. The fourth-order valence-corrected chi connectivity index (χ4v) is 4.76. The maximum atomic E-state index is 13.9. The largest absolute Gasteiger partial charge is 0.369 e. The highest BCUT2D eigenvalue weighted by Crippen LogP contribution is 2.45. The third-order valence-electron chi connectivity index (χ3n) is 6.60. The van der Waals surface area contributed by atoms with E-state index in [1.165, 1.54) is 37.8 Å². The molecule has 1 amide bonds. The van der Waals surface area contributed by atoms with Crippen molar-refractivity contribution in [2.24, 2.45) is 17.8 Å².